The van der Waals surface area contributed by atoms with Crippen molar-refractivity contribution in [3.63, 3.8) is 0 Å². The van der Waals surface area contributed by atoms with Gasteiger partial charge >= 0.3 is 0 Å². The van der Waals surface area contributed by atoms with Gasteiger partial charge in [-0.3, -0.25) is 14.6 Å². The molecule has 1 unspecified atom stereocenters. The summed E-state index contributed by atoms with van der Waals surface area (Å²) in [6, 6.07) is 14.2. The van der Waals surface area contributed by atoms with Crippen molar-refractivity contribution in [3.05, 3.63) is 78.4 Å². The Morgan fingerprint density at radius 3 is 2.64 bits per heavy atom. The molecule has 0 radical (unpaired) electrons. The summed E-state index contributed by atoms with van der Waals surface area (Å²) >= 11 is 0. The molecule has 0 spiro atoms. The molecule has 2 N–H and O–H groups in total. The van der Waals surface area contributed by atoms with Crippen molar-refractivity contribution in [1.29, 1.82) is 0 Å². The van der Waals surface area contributed by atoms with Gasteiger partial charge in [0.1, 0.15) is 23.6 Å². The molecule has 2 aliphatic rings. The minimum Gasteiger partial charge on any atom is -0.378 e. The molecule has 11 nitrogen and oxygen atoms in total. The number of morpholine rings is 1. The lowest BCUT2D eigenvalue weighted by Gasteiger charge is -2.27. The van der Waals surface area contributed by atoms with Gasteiger partial charge in [-0.15, -0.1) is 0 Å². The topological polar surface area (TPSA) is 120 Å². The minimum absolute atomic E-state index is 0.0636. The highest BCUT2D eigenvalue weighted by Gasteiger charge is 2.24. The molecular formula is C34H40N8O3. The van der Waals surface area contributed by atoms with Crippen LogP contribution in [0.2, 0.25) is 0 Å². The third-order valence-corrected chi connectivity index (χ3v) is 8.20. The molecule has 2 saturated heterocycles. The van der Waals surface area contributed by atoms with E-state index in [2.05, 4.69) is 41.1 Å². The summed E-state index contributed by atoms with van der Waals surface area (Å²) < 4.78 is 5.50. The molecular weight excluding hydrogens is 568 g/mol. The van der Waals surface area contributed by atoms with Crippen LogP contribution in [-0.2, 0) is 27.2 Å². The number of amides is 1. The van der Waals surface area contributed by atoms with E-state index in [4.69, 9.17) is 4.74 Å². The number of anilines is 2. The summed E-state index contributed by atoms with van der Waals surface area (Å²) in [6.07, 6.45) is 8.31. The number of ether oxygens (including phenoxy) is 1. The number of carbonyl (C=O) groups excluding carboxylic acids is 2. The molecule has 1 atom stereocenters. The molecule has 0 aliphatic carbocycles. The van der Waals surface area contributed by atoms with Gasteiger partial charge in [-0.1, -0.05) is 30.3 Å². The Bertz CT molecular complexity index is 1660. The Balaban J connectivity index is 1.03. The summed E-state index contributed by atoms with van der Waals surface area (Å²) in [5, 5.41) is 4.08. The van der Waals surface area contributed by atoms with Crippen molar-refractivity contribution in [2.75, 3.05) is 69.8 Å². The first-order valence-corrected chi connectivity index (χ1v) is 15.5. The van der Waals surface area contributed by atoms with E-state index in [1.54, 1.807) is 18.6 Å². The van der Waals surface area contributed by atoms with Gasteiger partial charge in [0.25, 0.3) is 0 Å². The zero-order chi connectivity index (χ0) is 31.2. The number of nitrogens with one attached hydrogen (secondary N) is 2. The van der Waals surface area contributed by atoms with E-state index < -0.39 is 0 Å². The van der Waals surface area contributed by atoms with Crippen LogP contribution >= 0.6 is 0 Å². The maximum atomic E-state index is 13.0. The molecule has 11 heteroatoms. The van der Waals surface area contributed by atoms with Crippen LogP contribution in [-0.4, -0.2) is 103 Å². The standard InChI is InChI=1S/C34H40N8O3/c1-40(2)12-3-4-32(44)38-26-10-13-42(22-26)28-9-11-35-27(19-28)20-29(43)18-24-5-7-25(8-6-24)31-21-30-33(39-31)36-23-37-34(30)41-14-16-45-17-15-41/h3-9,11,19,21,23,26H,10,12-18,20,22H2,1-2H3,(H,38,44)(H,36,37,39)/b4-3+. The molecule has 2 aliphatic heterocycles. The average Bonchev–Trinajstić information content (AvgIpc) is 3.69. The first kappa shape index (κ1) is 30.4. The van der Waals surface area contributed by atoms with Crippen molar-refractivity contribution in [3.8, 4) is 11.3 Å². The Hall–Kier alpha value is -4.61. The molecule has 0 bridgehead atoms. The Labute approximate surface area is 263 Å². The number of nitrogens with zero attached hydrogens (tertiary/aromatic N) is 6. The van der Waals surface area contributed by atoms with Crippen LogP contribution in [0.5, 0.6) is 0 Å². The maximum absolute atomic E-state index is 13.0. The minimum atomic E-state index is -0.0636. The highest BCUT2D eigenvalue weighted by Crippen LogP contribution is 2.29. The smallest absolute Gasteiger partial charge is 0.243 e. The number of likely N-dealkylation sites (N-methyl/N-ethyl adjacent to an activating group) is 1. The number of hydrogen-bond acceptors (Lipinski definition) is 9. The third kappa shape index (κ3) is 7.73. The molecule has 6 rings (SSSR count). The number of hydrogen-bond donors (Lipinski definition) is 2. The molecule has 2 fully saturated rings. The fourth-order valence-corrected chi connectivity index (χ4v) is 5.90. The number of H-pyrrole nitrogens is 1. The number of pyridine rings is 1. The van der Waals surface area contributed by atoms with Gasteiger partial charge in [-0.2, -0.15) is 0 Å². The second-order valence-electron chi connectivity index (χ2n) is 11.9. The largest absolute Gasteiger partial charge is 0.378 e. The Morgan fingerprint density at radius 1 is 1.02 bits per heavy atom. The van der Waals surface area contributed by atoms with Gasteiger partial charge in [0, 0.05) is 81.0 Å². The van der Waals surface area contributed by atoms with Gasteiger partial charge in [-0.05, 0) is 49.8 Å². The second-order valence-corrected chi connectivity index (χ2v) is 11.9. The van der Waals surface area contributed by atoms with Crippen molar-refractivity contribution in [2.45, 2.75) is 25.3 Å². The zero-order valence-electron chi connectivity index (χ0n) is 25.9. The van der Waals surface area contributed by atoms with Gasteiger partial charge in [-0.25, -0.2) is 9.97 Å². The van der Waals surface area contributed by atoms with Crippen molar-refractivity contribution >= 4 is 34.2 Å². The van der Waals surface area contributed by atoms with Crippen LogP contribution < -0.4 is 15.1 Å². The van der Waals surface area contributed by atoms with E-state index in [-0.39, 0.29) is 24.2 Å². The predicted octanol–water partition coefficient (Wildman–Crippen LogP) is 3.02. The van der Waals surface area contributed by atoms with E-state index in [1.807, 2.05) is 61.5 Å². The molecule has 5 heterocycles. The van der Waals surface area contributed by atoms with E-state index in [9.17, 15) is 9.59 Å². The highest BCUT2D eigenvalue weighted by atomic mass is 16.5. The van der Waals surface area contributed by atoms with Gasteiger partial charge in [0.05, 0.1) is 18.6 Å². The van der Waals surface area contributed by atoms with Crippen molar-refractivity contribution in [1.82, 2.24) is 30.2 Å². The molecule has 4 aromatic rings. The monoisotopic (exact) mass is 608 g/mol. The van der Waals surface area contributed by atoms with E-state index >= 15 is 0 Å². The summed E-state index contributed by atoms with van der Waals surface area (Å²) in [5.41, 5.74) is 5.53. The lowest BCUT2D eigenvalue weighted by Crippen LogP contribution is -2.36. The first-order chi connectivity index (χ1) is 21.9. The summed E-state index contributed by atoms with van der Waals surface area (Å²) in [6.45, 7) is 5.31. The van der Waals surface area contributed by atoms with Crippen LogP contribution in [0.3, 0.4) is 0 Å². The first-order valence-electron chi connectivity index (χ1n) is 15.5. The average molecular weight is 609 g/mol. The SMILES string of the molecule is CN(C)C/C=C/C(=O)NC1CCN(c2ccnc(CC(=O)Cc3ccc(-c4cc5c(N6CCOCC6)ncnc5[nH]4)cc3)c2)C1. The molecule has 3 aromatic heterocycles. The zero-order valence-corrected chi connectivity index (χ0v) is 25.9. The lowest BCUT2D eigenvalue weighted by atomic mass is 10.0. The quantitative estimate of drug-likeness (QED) is 0.248. The van der Waals surface area contributed by atoms with E-state index in [0.29, 0.717) is 19.6 Å². The number of ketones is 1. The third-order valence-electron chi connectivity index (χ3n) is 8.20. The molecule has 1 amide bonds. The Kier molecular flexibility index (Phi) is 9.46. The lowest BCUT2D eigenvalue weighted by molar-refractivity contribution is -0.118. The number of Topliss-reactive ketones (excluding diaryl/α,β-unsaturated/α-hetero) is 1. The summed E-state index contributed by atoms with van der Waals surface area (Å²) in [4.78, 5) is 48.6. The van der Waals surface area contributed by atoms with Crippen LogP contribution in [0.1, 0.15) is 17.7 Å². The Morgan fingerprint density at radius 2 is 1.84 bits per heavy atom. The molecule has 1 aromatic carbocycles. The summed E-state index contributed by atoms with van der Waals surface area (Å²) in [7, 11) is 3.94. The highest BCUT2D eigenvalue weighted by molar-refractivity contribution is 5.92. The fourth-order valence-electron chi connectivity index (χ4n) is 5.90. The number of fused-ring (bicyclic) bond motifs is 1. The van der Waals surface area contributed by atoms with E-state index in [1.165, 1.54) is 0 Å². The van der Waals surface area contributed by atoms with Gasteiger partial charge in [0.2, 0.25) is 5.91 Å². The number of benzene rings is 1. The van der Waals surface area contributed by atoms with Gasteiger partial charge in [0.15, 0.2) is 0 Å². The number of aromatic amines is 1. The molecule has 234 valence electrons. The molecule has 0 saturated carbocycles. The number of aromatic nitrogens is 4. The normalized spacial score (nSPS) is 17.1. The van der Waals surface area contributed by atoms with Crippen LogP contribution in [0, 0.1) is 0 Å². The maximum Gasteiger partial charge on any atom is 0.243 e. The van der Waals surface area contributed by atoms with Crippen LogP contribution in [0.4, 0.5) is 11.5 Å². The predicted molar refractivity (Wildman–Crippen MR) is 175 cm³/mol. The molecule has 45 heavy (non-hydrogen) atoms. The van der Waals surface area contributed by atoms with Gasteiger partial charge < -0.3 is 29.7 Å². The number of rotatable bonds is 11. The second kappa shape index (κ2) is 14.0. The fraction of sp³-hybridized carbons (Fsp3) is 0.382. The van der Waals surface area contributed by atoms with Crippen molar-refractivity contribution < 1.29 is 14.3 Å². The summed E-state index contributed by atoms with van der Waals surface area (Å²) in [5.74, 6) is 0.969. The number of carbonyl (C=O) groups is 2. The van der Waals surface area contributed by atoms with E-state index in [0.717, 1.165) is 84.2 Å². The van der Waals surface area contributed by atoms with Crippen molar-refractivity contribution in [2.24, 2.45) is 0 Å². The van der Waals surface area contributed by atoms with Crippen LogP contribution in [0.15, 0.2) is 67.1 Å². The van der Waals surface area contributed by atoms with Crippen LogP contribution in [0.25, 0.3) is 22.3 Å².